The van der Waals surface area contributed by atoms with Gasteiger partial charge in [0.1, 0.15) is 5.75 Å². The zero-order valence-electron chi connectivity index (χ0n) is 24.8. The highest BCUT2D eigenvalue weighted by Gasteiger charge is 2.44. The molecule has 2 fully saturated rings. The summed E-state index contributed by atoms with van der Waals surface area (Å²) in [4.78, 5) is 15.9. The molecule has 1 amide bonds. The number of nitrogens with zero attached hydrogens (tertiary/aromatic N) is 1. The number of hydrogen-bond acceptors (Lipinski definition) is 6. The van der Waals surface area contributed by atoms with Crippen molar-refractivity contribution in [3.05, 3.63) is 70.3 Å². The van der Waals surface area contributed by atoms with Crippen molar-refractivity contribution in [2.75, 3.05) is 31.7 Å². The molecule has 2 aliphatic heterocycles. The first-order valence-electron chi connectivity index (χ1n) is 15.8. The maximum absolute atomic E-state index is 13.5. The standard InChI is InChI=1S/C34H41ClN2O5S/c1-41-31-13-7-22-4-2-6-27(16-22)43(39,40)36-33(38)24-9-14-32-30(18-24)37(19-25-8-11-28(25)31)20-34(21-42-32)15-3-5-23-17-26(35)10-12-29(23)34/h7,9-10,12-14,17-18,22,25,27-28,31H,2-6,8,11,15-16,19-21H2,1H3,(H,36,38)/b13-7-/t22-,25-,27+,28+,31-,34-/m0/s1. The van der Waals surface area contributed by atoms with E-state index in [0.717, 1.165) is 74.5 Å². The molecule has 2 aromatic rings. The van der Waals surface area contributed by atoms with Crippen LogP contribution in [0.4, 0.5) is 5.69 Å². The Kier molecular flexibility index (Phi) is 7.75. The number of methoxy groups -OCH3 is 1. The van der Waals surface area contributed by atoms with Gasteiger partial charge < -0.3 is 14.4 Å². The molecule has 9 heteroatoms. The van der Waals surface area contributed by atoms with Crippen LogP contribution in [0.3, 0.4) is 0 Å². The van der Waals surface area contributed by atoms with Crippen molar-refractivity contribution >= 4 is 33.2 Å². The fraction of sp³-hybridized carbons (Fsp3) is 0.559. The number of carbonyl (C=O) groups excluding carboxylic acids is 1. The summed E-state index contributed by atoms with van der Waals surface area (Å²) in [5, 5.41) is 0.162. The number of aryl methyl sites for hydroxylation is 1. The minimum atomic E-state index is -3.83. The largest absolute Gasteiger partial charge is 0.490 e. The Hall–Kier alpha value is -2.55. The van der Waals surface area contributed by atoms with Gasteiger partial charge in [-0.1, -0.05) is 36.2 Å². The Morgan fingerprint density at radius 3 is 2.77 bits per heavy atom. The average Bonchev–Trinajstić information content (AvgIpc) is 3.13. The van der Waals surface area contributed by atoms with E-state index in [1.54, 1.807) is 13.2 Å². The van der Waals surface area contributed by atoms with E-state index in [1.165, 1.54) is 11.1 Å². The summed E-state index contributed by atoms with van der Waals surface area (Å²) >= 11 is 6.42. The van der Waals surface area contributed by atoms with Crippen LogP contribution in [0.1, 0.15) is 72.9 Å². The first kappa shape index (κ1) is 29.2. The topological polar surface area (TPSA) is 84.9 Å². The third kappa shape index (κ3) is 5.48. The molecule has 0 radical (unpaired) electrons. The van der Waals surface area contributed by atoms with E-state index in [1.807, 2.05) is 18.2 Å². The van der Waals surface area contributed by atoms with Crippen molar-refractivity contribution in [3.8, 4) is 5.75 Å². The highest BCUT2D eigenvalue weighted by Crippen LogP contribution is 2.47. The minimum Gasteiger partial charge on any atom is -0.490 e. The molecular weight excluding hydrogens is 584 g/mol. The molecule has 6 atom stereocenters. The molecule has 230 valence electrons. The zero-order valence-corrected chi connectivity index (χ0v) is 26.3. The Balaban J connectivity index is 1.30. The van der Waals surface area contributed by atoms with Crippen molar-refractivity contribution in [1.82, 2.24) is 4.72 Å². The first-order valence-corrected chi connectivity index (χ1v) is 17.7. The summed E-state index contributed by atoms with van der Waals surface area (Å²) in [5.74, 6) is 1.11. The number of rotatable bonds is 1. The van der Waals surface area contributed by atoms with E-state index in [0.29, 0.717) is 36.8 Å². The second-order valence-electron chi connectivity index (χ2n) is 13.4. The number of nitrogens with one attached hydrogen (secondary N) is 1. The smallest absolute Gasteiger partial charge is 0.264 e. The lowest BCUT2D eigenvalue weighted by molar-refractivity contribution is 0.0129. The van der Waals surface area contributed by atoms with Crippen LogP contribution in [0.2, 0.25) is 5.02 Å². The van der Waals surface area contributed by atoms with E-state index < -0.39 is 21.2 Å². The number of ether oxygens (including phenoxy) is 2. The maximum atomic E-state index is 13.5. The fourth-order valence-electron chi connectivity index (χ4n) is 8.36. The second kappa shape index (κ2) is 11.4. The monoisotopic (exact) mass is 624 g/mol. The van der Waals surface area contributed by atoms with Gasteiger partial charge >= 0.3 is 0 Å². The molecule has 43 heavy (non-hydrogen) atoms. The summed E-state index contributed by atoms with van der Waals surface area (Å²) in [6.07, 6.45) is 12.5. The number of fused-ring (bicyclic) bond motifs is 6. The van der Waals surface area contributed by atoms with Crippen LogP contribution >= 0.6 is 11.6 Å². The lowest BCUT2D eigenvalue weighted by atomic mass is 9.68. The lowest BCUT2D eigenvalue weighted by Crippen LogP contribution is -2.49. The third-order valence-electron chi connectivity index (χ3n) is 10.8. The van der Waals surface area contributed by atoms with Gasteiger partial charge in [-0.05, 0) is 111 Å². The van der Waals surface area contributed by atoms with Crippen LogP contribution in [0.15, 0.2) is 48.6 Å². The molecule has 1 spiro atoms. The molecule has 0 unspecified atom stereocenters. The van der Waals surface area contributed by atoms with Gasteiger partial charge in [0.2, 0.25) is 10.0 Å². The molecule has 7 nitrogen and oxygen atoms in total. The third-order valence-corrected chi connectivity index (χ3v) is 12.8. The van der Waals surface area contributed by atoms with Gasteiger partial charge in [0, 0.05) is 36.2 Å². The van der Waals surface area contributed by atoms with Crippen LogP contribution in [-0.4, -0.2) is 52.5 Å². The number of anilines is 1. The molecule has 5 aliphatic rings. The van der Waals surface area contributed by atoms with E-state index >= 15 is 0 Å². The number of hydrogen-bond donors (Lipinski definition) is 1. The summed E-state index contributed by atoms with van der Waals surface area (Å²) in [6.45, 7) is 2.10. The van der Waals surface area contributed by atoms with Crippen molar-refractivity contribution in [1.29, 1.82) is 0 Å². The van der Waals surface area contributed by atoms with Gasteiger partial charge in [0.25, 0.3) is 5.91 Å². The van der Waals surface area contributed by atoms with Crippen LogP contribution < -0.4 is 14.4 Å². The van der Waals surface area contributed by atoms with E-state index in [-0.39, 0.29) is 17.4 Å². The Bertz CT molecular complexity index is 1540. The van der Waals surface area contributed by atoms with E-state index in [9.17, 15) is 13.2 Å². The molecule has 4 bridgehead atoms. The minimum absolute atomic E-state index is 0.0103. The van der Waals surface area contributed by atoms with E-state index in [2.05, 4.69) is 33.9 Å². The number of halogens is 1. The Labute approximate surface area is 260 Å². The van der Waals surface area contributed by atoms with Crippen LogP contribution in [-0.2, 0) is 26.6 Å². The van der Waals surface area contributed by atoms with Crippen LogP contribution in [0.25, 0.3) is 0 Å². The SMILES string of the molecule is CO[C@H]1/C=C\[C@@H]2CCC[C@H](C2)S(=O)(=O)NC(=O)c2ccc3c(c2)N(C[C@@H]2CC[C@H]21)C[C@@]1(CCCc2cc(Cl)ccc21)CO3. The molecular formula is C34H41ClN2O5S. The van der Waals surface area contributed by atoms with E-state index in [4.69, 9.17) is 21.1 Å². The van der Waals surface area contributed by atoms with Crippen molar-refractivity contribution in [2.24, 2.45) is 17.8 Å². The molecule has 2 saturated carbocycles. The first-order chi connectivity index (χ1) is 20.7. The van der Waals surface area contributed by atoms with Gasteiger partial charge in [-0.3, -0.25) is 4.79 Å². The summed E-state index contributed by atoms with van der Waals surface area (Å²) < 4.78 is 41.9. The zero-order chi connectivity index (χ0) is 29.8. The average molecular weight is 625 g/mol. The quantitative estimate of drug-likeness (QED) is 0.389. The van der Waals surface area contributed by atoms with Gasteiger partial charge in [0.05, 0.1) is 23.6 Å². The molecule has 7 rings (SSSR count). The molecule has 1 N–H and O–H groups in total. The van der Waals surface area contributed by atoms with Crippen LogP contribution in [0.5, 0.6) is 5.75 Å². The molecule has 2 aromatic carbocycles. The summed E-state index contributed by atoms with van der Waals surface area (Å²) in [6, 6.07) is 11.6. The summed E-state index contributed by atoms with van der Waals surface area (Å²) in [5.41, 5.74) is 3.54. The Morgan fingerprint density at radius 1 is 1.07 bits per heavy atom. The van der Waals surface area contributed by atoms with Gasteiger partial charge in [-0.25, -0.2) is 13.1 Å². The number of allylic oxidation sites excluding steroid dienone is 1. The normalized spacial score (nSPS) is 34.0. The van der Waals surface area contributed by atoms with Gasteiger partial charge in [-0.15, -0.1) is 0 Å². The molecule has 0 aromatic heterocycles. The number of carbonyl (C=O) groups is 1. The molecule has 0 saturated heterocycles. The van der Waals surface area contributed by atoms with Crippen molar-refractivity contribution < 1.29 is 22.7 Å². The second-order valence-corrected chi connectivity index (χ2v) is 15.8. The molecule has 2 heterocycles. The van der Waals surface area contributed by atoms with Gasteiger partial charge in [-0.2, -0.15) is 0 Å². The van der Waals surface area contributed by atoms with Crippen LogP contribution in [0, 0.1) is 17.8 Å². The lowest BCUT2D eigenvalue weighted by Gasteiger charge is -2.46. The maximum Gasteiger partial charge on any atom is 0.264 e. The predicted molar refractivity (Wildman–Crippen MR) is 169 cm³/mol. The van der Waals surface area contributed by atoms with Crippen molar-refractivity contribution in [3.63, 3.8) is 0 Å². The predicted octanol–water partition coefficient (Wildman–Crippen LogP) is 6.04. The highest BCUT2D eigenvalue weighted by atomic mass is 35.5. The number of benzene rings is 2. The highest BCUT2D eigenvalue weighted by molar-refractivity contribution is 7.90. The Morgan fingerprint density at radius 2 is 1.95 bits per heavy atom. The number of amides is 1. The van der Waals surface area contributed by atoms with Gasteiger partial charge in [0.15, 0.2) is 0 Å². The fourth-order valence-corrected chi connectivity index (χ4v) is 10.1. The number of sulfonamides is 1. The van der Waals surface area contributed by atoms with Crippen molar-refractivity contribution in [2.45, 2.75) is 74.6 Å². The summed E-state index contributed by atoms with van der Waals surface area (Å²) in [7, 11) is -2.04. The molecule has 3 aliphatic carbocycles.